The quantitative estimate of drug-likeness (QED) is 0.766. The predicted octanol–water partition coefficient (Wildman–Crippen LogP) is 1.66. The minimum Gasteiger partial charge on any atom is -0.348 e. The molecule has 0 aliphatic heterocycles. The van der Waals surface area contributed by atoms with Crippen LogP contribution >= 0.6 is 0 Å². The minimum absolute atomic E-state index is 0.629. The van der Waals surface area contributed by atoms with E-state index in [-0.39, 0.29) is 0 Å². The van der Waals surface area contributed by atoms with Crippen molar-refractivity contribution in [2.45, 2.75) is 51.6 Å². The van der Waals surface area contributed by atoms with E-state index in [2.05, 4.69) is 29.1 Å². The van der Waals surface area contributed by atoms with Crippen LogP contribution in [0.2, 0.25) is 0 Å². The Balaban J connectivity index is 1.94. The maximum Gasteiger partial charge on any atom is 0.0925 e. The van der Waals surface area contributed by atoms with Gasteiger partial charge in [0.05, 0.1) is 12.0 Å². The molecule has 1 aromatic rings. The van der Waals surface area contributed by atoms with Crippen LogP contribution in [0.3, 0.4) is 0 Å². The Morgan fingerprint density at radius 3 is 3.36 bits per heavy atom. The second-order valence-electron chi connectivity index (χ2n) is 4.24. The van der Waals surface area contributed by atoms with Gasteiger partial charge in [0.25, 0.3) is 0 Å². The lowest BCUT2D eigenvalue weighted by Gasteiger charge is -2.25. The van der Waals surface area contributed by atoms with Gasteiger partial charge in [-0.3, -0.25) is 0 Å². The number of aryl methyl sites for hydroxylation is 1. The van der Waals surface area contributed by atoms with Crippen LogP contribution in [0, 0.1) is 0 Å². The van der Waals surface area contributed by atoms with Gasteiger partial charge in [0.2, 0.25) is 0 Å². The molecule has 0 saturated carbocycles. The van der Waals surface area contributed by atoms with E-state index in [1.165, 1.54) is 24.2 Å². The highest BCUT2D eigenvalue weighted by Crippen LogP contribution is 2.18. The van der Waals surface area contributed by atoms with E-state index in [0.29, 0.717) is 12.1 Å². The molecule has 1 aromatic heterocycles. The topological polar surface area (TPSA) is 40.7 Å². The van der Waals surface area contributed by atoms with Gasteiger partial charge in [-0.1, -0.05) is 6.92 Å². The summed E-state index contributed by atoms with van der Waals surface area (Å²) in [6.45, 7) is 4.48. The van der Waals surface area contributed by atoms with Gasteiger partial charge >= 0.3 is 0 Å². The SMILES string of the molecule is CCC(C)NC1CCc2nc[nH]c2C1. The molecule has 0 aromatic carbocycles. The molecule has 2 N–H and O–H groups in total. The third-order valence-electron chi connectivity index (χ3n) is 3.12. The van der Waals surface area contributed by atoms with E-state index in [1.54, 1.807) is 0 Å². The molecule has 3 nitrogen and oxygen atoms in total. The largest absolute Gasteiger partial charge is 0.348 e. The lowest BCUT2D eigenvalue weighted by molar-refractivity contribution is 0.397. The van der Waals surface area contributed by atoms with Gasteiger partial charge in [-0.15, -0.1) is 0 Å². The molecule has 2 atom stereocenters. The van der Waals surface area contributed by atoms with Gasteiger partial charge in [-0.25, -0.2) is 4.98 Å². The van der Waals surface area contributed by atoms with Gasteiger partial charge in [0.1, 0.15) is 0 Å². The Morgan fingerprint density at radius 1 is 1.71 bits per heavy atom. The molecule has 3 heteroatoms. The third-order valence-corrected chi connectivity index (χ3v) is 3.12. The van der Waals surface area contributed by atoms with Crippen molar-refractivity contribution in [3.8, 4) is 0 Å². The molecule has 14 heavy (non-hydrogen) atoms. The van der Waals surface area contributed by atoms with Gasteiger partial charge in [-0.2, -0.15) is 0 Å². The lowest BCUT2D eigenvalue weighted by Crippen LogP contribution is -2.39. The maximum absolute atomic E-state index is 4.31. The molecule has 0 saturated heterocycles. The fourth-order valence-corrected chi connectivity index (χ4v) is 2.06. The molecule has 0 spiro atoms. The third kappa shape index (κ3) is 1.98. The summed E-state index contributed by atoms with van der Waals surface area (Å²) in [6, 6.07) is 1.27. The van der Waals surface area contributed by atoms with Gasteiger partial charge in [0, 0.05) is 24.2 Å². The highest BCUT2D eigenvalue weighted by Gasteiger charge is 2.20. The van der Waals surface area contributed by atoms with Crippen LogP contribution in [-0.2, 0) is 12.8 Å². The first-order chi connectivity index (χ1) is 6.79. The number of hydrogen-bond donors (Lipinski definition) is 2. The molecular formula is C11H19N3. The Bertz CT molecular complexity index is 292. The van der Waals surface area contributed by atoms with Crippen molar-refractivity contribution in [1.82, 2.24) is 15.3 Å². The molecule has 0 amide bonds. The van der Waals surface area contributed by atoms with Crippen molar-refractivity contribution in [3.63, 3.8) is 0 Å². The summed E-state index contributed by atoms with van der Waals surface area (Å²) in [7, 11) is 0. The Labute approximate surface area is 85.3 Å². The number of nitrogens with zero attached hydrogens (tertiary/aromatic N) is 1. The van der Waals surface area contributed by atoms with Gasteiger partial charge < -0.3 is 10.3 Å². The highest BCUT2D eigenvalue weighted by atomic mass is 15.0. The highest BCUT2D eigenvalue weighted by molar-refractivity contribution is 5.16. The number of H-pyrrole nitrogens is 1. The van der Waals surface area contributed by atoms with Crippen molar-refractivity contribution in [1.29, 1.82) is 0 Å². The van der Waals surface area contributed by atoms with E-state index >= 15 is 0 Å². The average molecular weight is 193 g/mol. The summed E-state index contributed by atoms with van der Waals surface area (Å²) in [5.41, 5.74) is 2.60. The van der Waals surface area contributed by atoms with Crippen LogP contribution in [0.25, 0.3) is 0 Å². The van der Waals surface area contributed by atoms with Crippen LogP contribution in [0.4, 0.5) is 0 Å². The lowest BCUT2D eigenvalue weighted by atomic mass is 9.95. The first-order valence-corrected chi connectivity index (χ1v) is 5.56. The summed E-state index contributed by atoms with van der Waals surface area (Å²) in [5, 5.41) is 3.65. The maximum atomic E-state index is 4.31. The Hall–Kier alpha value is -0.830. The molecule has 0 bridgehead atoms. The summed E-state index contributed by atoms with van der Waals surface area (Å²) >= 11 is 0. The number of aromatic amines is 1. The summed E-state index contributed by atoms with van der Waals surface area (Å²) in [4.78, 5) is 7.53. The van der Waals surface area contributed by atoms with E-state index < -0.39 is 0 Å². The molecule has 1 aliphatic carbocycles. The van der Waals surface area contributed by atoms with Crippen molar-refractivity contribution < 1.29 is 0 Å². The van der Waals surface area contributed by atoms with E-state index in [9.17, 15) is 0 Å². The zero-order valence-corrected chi connectivity index (χ0v) is 9.01. The normalized spacial score (nSPS) is 23.1. The van der Waals surface area contributed by atoms with Crippen LogP contribution in [-0.4, -0.2) is 22.1 Å². The number of aromatic nitrogens is 2. The standard InChI is InChI=1S/C11H19N3/c1-3-8(2)14-9-4-5-10-11(6-9)13-7-12-10/h7-9,14H,3-6H2,1-2H3,(H,12,13). The van der Waals surface area contributed by atoms with Crippen molar-refractivity contribution in [2.75, 3.05) is 0 Å². The fraction of sp³-hybridized carbons (Fsp3) is 0.727. The number of rotatable bonds is 3. The molecule has 1 heterocycles. The minimum atomic E-state index is 0.629. The van der Waals surface area contributed by atoms with Crippen molar-refractivity contribution in [3.05, 3.63) is 17.7 Å². The number of hydrogen-bond acceptors (Lipinski definition) is 2. The smallest absolute Gasteiger partial charge is 0.0925 e. The van der Waals surface area contributed by atoms with Crippen LogP contribution in [0.15, 0.2) is 6.33 Å². The second kappa shape index (κ2) is 4.13. The number of imidazole rings is 1. The monoisotopic (exact) mass is 193 g/mol. The number of nitrogens with one attached hydrogen (secondary N) is 2. The first kappa shape index (κ1) is 9.71. The van der Waals surface area contributed by atoms with Crippen LogP contribution in [0.1, 0.15) is 38.1 Å². The van der Waals surface area contributed by atoms with E-state index in [1.807, 2.05) is 6.33 Å². The fourth-order valence-electron chi connectivity index (χ4n) is 2.06. The molecular weight excluding hydrogens is 174 g/mol. The number of fused-ring (bicyclic) bond motifs is 1. The first-order valence-electron chi connectivity index (χ1n) is 5.56. The van der Waals surface area contributed by atoms with Crippen molar-refractivity contribution >= 4 is 0 Å². The van der Waals surface area contributed by atoms with Crippen LogP contribution < -0.4 is 5.32 Å². The summed E-state index contributed by atoms with van der Waals surface area (Å²) in [5.74, 6) is 0. The molecule has 1 aliphatic rings. The van der Waals surface area contributed by atoms with Crippen molar-refractivity contribution in [2.24, 2.45) is 0 Å². The molecule has 78 valence electrons. The van der Waals surface area contributed by atoms with E-state index in [0.717, 1.165) is 12.8 Å². The summed E-state index contributed by atoms with van der Waals surface area (Å²) < 4.78 is 0. The molecule has 0 fully saturated rings. The zero-order valence-electron chi connectivity index (χ0n) is 9.01. The van der Waals surface area contributed by atoms with Crippen LogP contribution in [0.5, 0.6) is 0 Å². The summed E-state index contributed by atoms with van der Waals surface area (Å²) in [6.07, 6.45) is 6.47. The Kier molecular flexibility index (Phi) is 2.87. The van der Waals surface area contributed by atoms with Gasteiger partial charge in [0.15, 0.2) is 0 Å². The molecule has 0 radical (unpaired) electrons. The average Bonchev–Trinajstić information content (AvgIpc) is 2.64. The molecule has 2 rings (SSSR count). The Morgan fingerprint density at radius 2 is 2.57 bits per heavy atom. The zero-order chi connectivity index (χ0) is 9.97. The predicted molar refractivity (Wildman–Crippen MR) is 57.3 cm³/mol. The van der Waals surface area contributed by atoms with E-state index in [4.69, 9.17) is 0 Å². The van der Waals surface area contributed by atoms with Gasteiger partial charge in [-0.05, 0) is 26.2 Å². The second-order valence-corrected chi connectivity index (χ2v) is 4.24. The molecule has 2 unspecified atom stereocenters.